The highest BCUT2D eigenvalue weighted by Gasteiger charge is 2.18. The molecule has 0 heteroatoms. The maximum Gasteiger partial charge on any atom is -0.0241 e. The second kappa shape index (κ2) is 4.89. The van der Waals surface area contributed by atoms with Gasteiger partial charge in [0.1, 0.15) is 0 Å². The van der Waals surface area contributed by atoms with Crippen LogP contribution in [0.2, 0.25) is 0 Å². The molecule has 1 fully saturated rings. The molecule has 1 aliphatic rings. The van der Waals surface area contributed by atoms with E-state index in [9.17, 15) is 0 Å². The first-order valence-electron chi connectivity index (χ1n) is 5.52. The zero-order valence-corrected chi connectivity index (χ0v) is 8.90. The van der Waals surface area contributed by atoms with Crippen molar-refractivity contribution in [1.29, 1.82) is 0 Å². The van der Waals surface area contributed by atoms with Crippen molar-refractivity contribution in [3.05, 3.63) is 5.92 Å². The summed E-state index contributed by atoms with van der Waals surface area (Å²) in [4.78, 5) is 0. The molecule has 0 bridgehead atoms. The van der Waals surface area contributed by atoms with Crippen molar-refractivity contribution in [2.45, 2.75) is 59.3 Å². The molecular formula is C12H23. The third-order valence-electron chi connectivity index (χ3n) is 3.06. The van der Waals surface area contributed by atoms with Crippen LogP contribution in [0.3, 0.4) is 0 Å². The number of hydrogen-bond donors (Lipinski definition) is 0. The summed E-state index contributed by atoms with van der Waals surface area (Å²) in [6.07, 6.45) is 8.57. The van der Waals surface area contributed by atoms with Crippen molar-refractivity contribution in [2.24, 2.45) is 11.8 Å². The fraction of sp³-hybridized carbons (Fsp3) is 0.917. The molecule has 0 nitrogen and oxygen atoms in total. The molecule has 0 aliphatic heterocycles. The first-order chi connectivity index (χ1) is 5.68. The molecule has 1 saturated carbocycles. The molecule has 1 radical (unpaired) electrons. The molecule has 0 aromatic heterocycles. The summed E-state index contributed by atoms with van der Waals surface area (Å²) in [7, 11) is 0. The molecule has 0 heterocycles. The summed E-state index contributed by atoms with van der Waals surface area (Å²) in [6.45, 7) is 7.04. The van der Waals surface area contributed by atoms with Gasteiger partial charge in [-0.05, 0) is 37.0 Å². The van der Waals surface area contributed by atoms with Crippen molar-refractivity contribution >= 4 is 0 Å². The molecule has 0 N–H and O–H groups in total. The van der Waals surface area contributed by atoms with E-state index in [1.54, 1.807) is 0 Å². The summed E-state index contributed by atoms with van der Waals surface area (Å²) in [5.74, 6) is 3.73. The second-order valence-electron chi connectivity index (χ2n) is 4.87. The summed E-state index contributed by atoms with van der Waals surface area (Å²) in [6, 6.07) is 0. The molecule has 0 amide bonds. The largest absolute Gasteiger partial charge is 0.0628 e. The van der Waals surface area contributed by atoms with Crippen LogP contribution in [0.5, 0.6) is 0 Å². The molecular weight excluding hydrogens is 144 g/mol. The Morgan fingerprint density at radius 3 is 2.33 bits per heavy atom. The molecule has 0 spiro atoms. The van der Waals surface area contributed by atoms with E-state index in [-0.39, 0.29) is 0 Å². The van der Waals surface area contributed by atoms with Gasteiger partial charge in [0, 0.05) is 0 Å². The smallest absolute Gasteiger partial charge is 0.0241 e. The van der Waals surface area contributed by atoms with E-state index >= 15 is 0 Å². The number of hydrogen-bond acceptors (Lipinski definition) is 0. The van der Waals surface area contributed by atoms with E-state index in [0.29, 0.717) is 0 Å². The molecule has 1 aliphatic carbocycles. The predicted molar refractivity (Wildman–Crippen MR) is 54.9 cm³/mol. The average Bonchev–Trinajstić information content (AvgIpc) is 2.03. The zero-order chi connectivity index (χ0) is 8.97. The lowest BCUT2D eigenvalue weighted by molar-refractivity contribution is 0.382. The standard InChI is InChI=1S/C12H23/c1-10(2)4-7-12-8-5-11(3)6-9-12/h10-11H,4-9H2,1-3H3. The fourth-order valence-corrected chi connectivity index (χ4v) is 1.91. The maximum atomic E-state index is 2.39. The molecule has 12 heavy (non-hydrogen) atoms. The highest BCUT2D eigenvalue weighted by atomic mass is 14.2. The van der Waals surface area contributed by atoms with Gasteiger partial charge in [0.2, 0.25) is 0 Å². The Morgan fingerprint density at radius 1 is 1.25 bits per heavy atom. The SMILES string of the molecule is CC(C)CC[C]1CCC(C)CC1. The van der Waals surface area contributed by atoms with Gasteiger partial charge in [-0.3, -0.25) is 0 Å². The predicted octanol–water partition coefficient (Wildman–Crippen LogP) is 4.21. The van der Waals surface area contributed by atoms with Crippen LogP contribution < -0.4 is 0 Å². The minimum Gasteiger partial charge on any atom is -0.0628 e. The van der Waals surface area contributed by atoms with Crippen LogP contribution >= 0.6 is 0 Å². The van der Waals surface area contributed by atoms with E-state index in [1.165, 1.54) is 38.5 Å². The molecule has 0 atom stereocenters. The van der Waals surface area contributed by atoms with Gasteiger partial charge in [0.05, 0.1) is 0 Å². The van der Waals surface area contributed by atoms with Gasteiger partial charge in [-0.25, -0.2) is 0 Å². The molecule has 0 saturated heterocycles. The van der Waals surface area contributed by atoms with Crippen molar-refractivity contribution in [1.82, 2.24) is 0 Å². The van der Waals surface area contributed by atoms with Crippen LogP contribution in [0.25, 0.3) is 0 Å². The minimum absolute atomic E-state index is 0.886. The topological polar surface area (TPSA) is 0 Å². The van der Waals surface area contributed by atoms with Gasteiger partial charge in [-0.1, -0.05) is 40.0 Å². The van der Waals surface area contributed by atoms with Crippen molar-refractivity contribution < 1.29 is 0 Å². The van der Waals surface area contributed by atoms with Gasteiger partial charge >= 0.3 is 0 Å². The minimum atomic E-state index is 0.886. The Morgan fingerprint density at radius 2 is 1.83 bits per heavy atom. The normalized spacial score (nSPS) is 22.0. The Bertz CT molecular complexity index is 107. The maximum absolute atomic E-state index is 2.39. The van der Waals surface area contributed by atoms with Crippen molar-refractivity contribution in [2.75, 3.05) is 0 Å². The molecule has 0 aromatic rings. The summed E-state index contributed by atoms with van der Waals surface area (Å²) in [5.41, 5.74) is 0. The third kappa shape index (κ3) is 3.60. The molecule has 1 rings (SSSR count). The van der Waals surface area contributed by atoms with E-state index in [4.69, 9.17) is 0 Å². The van der Waals surface area contributed by atoms with Crippen LogP contribution in [0.15, 0.2) is 0 Å². The fourth-order valence-electron chi connectivity index (χ4n) is 1.91. The van der Waals surface area contributed by atoms with Gasteiger partial charge in [-0.15, -0.1) is 0 Å². The highest BCUT2D eigenvalue weighted by Crippen LogP contribution is 2.33. The summed E-state index contributed by atoms with van der Waals surface area (Å²) >= 11 is 0. The first-order valence-corrected chi connectivity index (χ1v) is 5.52. The average molecular weight is 167 g/mol. The quantitative estimate of drug-likeness (QED) is 0.590. The van der Waals surface area contributed by atoms with Crippen LogP contribution in [-0.2, 0) is 0 Å². The lowest BCUT2D eigenvalue weighted by Gasteiger charge is -2.26. The van der Waals surface area contributed by atoms with Crippen LogP contribution in [-0.4, -0.2) is 0 Å². The Labute approximate surface area is 77.7 Å². The summed E-state index contributed by atoms with van der Waals surface area (Å²) < 4.78 is 0. The molecule has 71 valence electrons. The summed E-state index contributed by atoms with van der Waals surface area (Å²) in [5, 5.41) is 0. The van der Waals surface area contributed by atoms with Gasteiger partial charge in [-0.2, -0.15) is 0 Å². The lowest BCUT2D eigenvalue weighted by atomic mass is 9.80. The third-order valence-corrected chi connectivity index (χ3v) is 3.06. The monoisotopic (exact) mass is 167 g/mol. The molecule has 0 aromatic carbocycles. The Hall–Kier alpha value is 0. The van der Waals surface area contributed by atoms with E-state index in [0.717, 1.165) is 11.8 Å². The first kappa shape index (κ1) is 10.1. The van der Waals surface area contributed by atoms with Gasteiger partial charge in [0.15, 0.2) is 0 Å². The van der Waals surface area contributed by atoms with Crippen molar-refractivity contribution in [3.63, 3.8) is 0 Å². The Kier molecular flexibility index (Phi) is 4.11. The van der Waals surface area contributed by atoms with E-state index in [1.807, 2.05) is 5.92 Å². The van der Waals surface area contributed by atoms with Gasteiger partial charge in [0.25, 0.3) is 0 Å². The second-order valence-corrected chi connectivity index (χ2v) is 4.87. The lowest BCUT2D eigenvalue weighted by Crippen LogP contribution is -2.11. The van der Waals surface area contributed by atoms with Crippen LogP contribution in [0.1, 0.15) is 59.3 Å². The zero-order valence-electron chi connectivity index (χ0n) is 8.90. The van der Waals surface area contributed by atoms with E-state index in [2.05, 4.69) is 20.8 Å². The number of rotatable bonds is 3. The Balaban J connectivity index is 2.09. The highest BCUT2D eigenvalue weighted by molar-refractivity contribution is 4.93. The van der Waals surface area contributed by atoms with Crippen molar-refractivity contribution in [3.8, 4) is 0 Å². The van der Waals surface area contributed by atoms with E-state index < -0.39 is 0 Å². The molecule has 0 unspecified atom stereocenters. The van der Waals surface area contributed by atoms with Crippen LogP contribution in [0, 0.1) is 17.8 Å². The van der Waals surface area contributed by atoms with Crippen LogP contribution in [0.4, 0.5) is 0 Å². The van der Waals surface area contributed by atoms with Gasteiger partial charge < -0.3 is 0 Å².